The van der Waals surface area contributed by atoms with Crippen molar-refractivity contribution in [2.24, 2.45) is 11.8 Å². The third-order valence-corrected chi connectivity index (χ3v) is 4.94. The van der Waals surface area contributed by atoms with Crippen molar-refractivity contribution in [3.63, 3.8) is 0 Å². The molecule has 2 atom stereocenters. The average Bonchev–Trinajstić information content (AvgIpc) is 3.12. The quantitative estimate of drug-likeness (QED) is 0.718. The highest BCUT2D eigenvalue weighted by atomic mass is 19.3. The molecule has 160 valence electrons. The van der Waals surface area contributed by atoms with E-state index in [1.54, 1.807) is 12.1 Å². The number of likely N-dealkylation sites (tertiary alicyclic amines) is 1. The van der Waals surface area contributed by atoms with E-state index in [1.165, 1.54) is 33.9 Å². The van der Waals surface area contributed by atoms with E-state index >= 15 is 0 Å². The standard InChI is InChI=1S/C20H20F3N3O4/c1-30-20(29)14-10-25(11-17(22)23)9-13(14)19(28)24-16-6-5-12(8-15(16)21)26-7-3-2-4-18(26)27/h2-8,13-14,17H,9-11H2,1H3,(H,24,28)/t13-,14-/m0/s1. The van der Waals surface area contributed by atoms with E-state index in [0.717, 1.165) is 13.2 Å². The number of anilines is 1. The number of carbonyl (C=O) groups excluding carboxylic acids is 2. The number of nitrogens with one attached hydrogen (secondary N) is 1. The molecule has 0 aliphatic carbocycles. The summed E-state index contributed by atoms with van der Waals surface area (Å²) in [5.41, 5.74) is -0.226. The van der Waals surface area contributed by atoms with E-state index in [4.69, 9.17) is 0 Å². The lowest BCUT2D eigenvalue weighted by Gasteiger charge is -2.17. The average molecular weight is 423 g/mol. The van der Waals surface area contributed by atoms with Gasteiger partial charge in [-0.05, 0) is 18.2 Å². The van der Waals surface area contributed by atoms with Gasteiger partial charge in [0.15, 0.2) is 0 Å². The minimum Gasteiger partial charge on any atom is -0.469 e. The highest BCUT2D eigenvalue weighted by Crippen LogP contribution is 2.27. The van der Waals surface area contributed by atoms with Crippen LogP contribution in [-0.4, -0.2) is 54.5 Å². The van der Waals surface area contributed by atoms with E-state index in [9.17, 15) is 27.6 Å². The van der Waals surface area contributed by atoms with Crippen molar-refractivity contribution in [3.05, 3.63) is 58.8 Å². The van der Waals surface area contributed by atoms with Crippen LogP contribution >= 0.6 is 0 Å². The molecule has 0 spiro atoms. The van der Waals surface area contributed by atoms with Crippen LogP contribution in [0.25, 0.3) is 5.69 Å². The molecule has 0 radical (unpaired) electrons. The fourth-order valence-corrected chi connectivity index (χ4v) is 3.51. The second kappa shape index (κ2) is 9.12. The molecule has 1 aromatic carbocycles. The molecule has 1 aromatic heterocycles. The Kier molecular flexibility index (Phi) is 6.56. The fraction of sp³-hybridized carbons (Fsp3) is 0.350. The van der Waals surface area contributed by atoms with Crippen LogP contribution < -0.4 is 10.9 Å². The lowest BCUT2D eigenvalue weighted by Crippen LogP contribution is -2.33. The van der Waals surface area contributed by atoms with Crippen LogP contribution in [0.4, 0.5) is 18.9 Å². The minimum atomic E-state index is -2.61. The SMILES string of the molecule is COC(=O)[C@H]1CN(CC(F)F)C[C@@H]1C(=O)Nc1ccc(-n2ccccc2=O)cc1F. The summed E-state index contributed by atoms with van der Waals surface area (Å²) in [7, 11) is 1.15. The highest BCUT2D eigenvalue weighted by molar-refractivity contribution is 5.96. The first-order chi connectivity index (χ1) is 14.3. The molecule has 1 saturated heterocycles. The molecular weight excluding hydrogens is 403 g/mol. The molecule has 7 nitrogen and oxygen atoms in total. The van der Waals surface area contributed by atoms with E-state index in [0.29, 0.717) is 0 Å². The van der Waals surface area contributed by atoms with Gasteiger partial charge in [-0.1, -0.05) is 6.07 Å². The number of alkyl halides is 2. The zero-order chi connectivity index (χ0) is 21.8. The predicted molar refractivity (Wildman–Crippen MR) is 102 cm³/mol. The maximum Gasteiger partial charge on any atom is 0.310 e. The summed E-state index contributed by atoms with van der Waals surface area (Å²) in [4.78, 5) is 37.8. The van der Waals surface area contributed by atoms with Crippen LogP contribution in [0, 0.1) is 17.7 Å². The summed E-state index contributed by atoms with van der Waals surface area (Å²) >= 11 is 0. The molecule has 0 unspecified atom stereocenters. The number of hydrogen-bond acceptors (Lipinski definition) is 5. The van der Waals surface area contributed by atoms with Crippen LogP contribution in [0.3, 0.4) is 0 Å². The van der Waals surface area contributed by atoms with Gasteiger partial charge in [0.1, 0.15) is 5.82 Å². The molecule has 1 aliphatic rings. The topological polar surface area (TPSA) is 80.6 Å². The van der Waals surface area contributed by atoms with Crippen LogP contribution in [0.1, 0.15) is 0 Å². The van der Waals surface area contributed by atoms with Crippen LogP contribution in [0.5, 0.6) is 0 Å². The van der Waals surface area contributed by atoms with Crippen molar-refractivity contribution in [2.45, 2.75) is 6.43 Å². The van der Waals surface area contributed by atoms with Gasteiger partial charge in [0.25, 0.3) is 12.0 Å². The van der Waals surface area contributed by atoms with Crippen LogP contribution in [0.2, 0.25) is 0 Å². The van der Waals surface area contributed by atoms with Gasteiger partial charge in [-0.15, -0.1) is 0 Å². The van der Waals surface area contributed by atoms with Crippen LogP contribution in [0.15, 0.2) is 47.4 Å². The number of amides is 1. The number of carbonyl (C=O) groups is 2. The molecule has 1 fully saturated rings. The maximum absolute atomic E-state index is 14.6. The first kappa shape index (κ1) is 21.6. The number of rotatable bonds is 6. The molecule has 0 bridgehead atoms. The van der Waals surface area contributed by atoms with E-state index in [2.05, 4.69) is 10.1 Å². The number of hydrogen-bond donors (Lipinski definition) is 1. The predicted octanol–water partition coefficient (Wildman–Crippen LogP) is 1.90. The highest BCUT2D eigenvalue weighted by Gasteiger charge is 2.43. The molecule has 30 heavy (non-hydrogen) atoms. The first-order valence-corrected chi connectivity index (χ1v) is 9.17. The number of benzene rings is 1. The molecule has 3 rings (SSSR count). The number of nitrogens with zero attached hydrogens (tertiary/aromatic N) is 2. The van der Waals surface area contributed by atoms with Crippen molar-refractivity contribution in [1.82, 2.24) is 9.47 Å². The monoisotopic (exact) mass is 423 g/mol. The summed E-state index contributed by atoms with van der Waals surface area (Å²) in [5.74, 6) is -4.04. The Morgan fingerprint density at radius 3 is 2.57 bits per heavy atom. The van der Waals surface area contributed by atoms with Crippen molar-refractivity contribution in [3.8, 4) is 5.69 Å². The smallest absolute Gasteiger partial charge is 0.310 e. The molecule has 10 heteroatoms. The zero-order valence-electron chi connectivity index (χ0n) is 16.1. The molecule has 2 heterocycles. The number of esters is 1. The second-order valence-corrected chi connectivity index (χ2v) is 6.91. The third kappa shape index (κ3) is 4.70. The zero-order valence-corrected chi connectivity index (χ0v) is 16.1. The summed E-state index contributed by atoms with van der Waals surface area (Å²) in [6.07, 6.45) is -1.14. The van der Waals surface area contributed by atoms with Gasteiger partial charge in [-0.3, -0.25) is 23.9 Å². The van der Waals surface area contributed by atoms with Gasteiger partial charge in [-0.25, -0.2) is 13.2 Å². The van der Waals surface area contributed by atoms with E-state index < -0.39 is 42.5 Å². The largest absolute Gasteiger partial charge is 0.469 e. The summed E-state index contributed by atoms with van der Waals surface area (Å²) in [5, 5.41) is 2.41. The van der Waals surface area contributed by atoms with Crippen molar-refractivity contribution in [2.75, 3.05) is 32.1 Å². The number of halogens is 3. The minimum absolute atomic E-state index is 0.0482. The number of ether oxygens (including phenoxy) is 1. The third-order valence-electron chi connectivity index (χ3n) is 4.94. The maximum atomic E-state index is 14.6. The Balaban J connectivity index is 1.78. The van der Waals surface area contributed by atoms with Gasteiger partial charge in [0.2, 0.25) is 5.91 Å². The summed E-state index contributed by atoms with van der Waals surface area (Å²) < 4.78 is 45.9. The van der Waals surface area contributed by atoms with Crippen molar-refractivity contribution < 1.29 is 27.5 Å². The molecule has 1 N–H and O–H groups in total. The van der Waals surface area contributed by atoms with E-state index in [-0.39, 0.29) is 30.0 Å². The molecular formula is C20H20F3N3O4. The van der Waals surface area contributed by atoms with E-state index in [1.807, 2.05) is 0 Å². The van der Waals surface area contributed by atoms with Gasteiger partial charge in [-0.2, -0.15) is 0 Å². The summed E-state index contributed by atoms with van der Waals surface area (Å²) in [6, 6.07) is 8.34. The second-order valence-electron chi connectivity index (χ2n) is 6.91. The normalized spacial score (nSPS) is 19.1. The lowest BCUT2D eigenvalue weighted by atomic mass is 9.95. The van der Waals surface area contributed by atoms with Gasteiger partial charge in [0.05, 0.1) is 36.9 Å². The van der Waals surface area contributed by atoms with Gasteiger partial charge < -0.3 is 10.1 Å². The Morgan fingerprint density at radius 2 is 1.93 bits per heavy atom. The Bertz CT molecular complexity index is 995. The van der Waals surface area contributed by atoms with Gasteiger partial charge in [0, 0.05) is 31.4 Å². The van der Waals surface area contributed by atoms with Crippen LogP contribution in [-0.2, 0) is 14.3 Å². The first-order valence-electron chi connectivity index (χ1n) is 9.17. The van der Waals surface area contributed by atoms with Gasteiger partial charge >= 0.3 is 5.97 Å². The molecule has 1 amide bonds. The fourth-order valence-electron chi connectivity index (χ4n) is 3.51. The summed E-state index contributed by atoms with van der Waals surface area (Å²) in [6.45, 7) is -0.700. The number of aromatic nitrogens is 1. The molecule has 0 saturated carbocycles. The number of methoxy groups -OCH3 is 1. The number of pyridine rings is 1. The van der Waals surface area contributed by atoms with Crippen molar-refractivity contribution >= 4 is 17.6 Å². The molecule has 1 aliphatic heterocycles. The lowest BCUT2D eigenvalue weighted by molar-refractivity contribution is -0.148. The Hall–Kier alpha value is -3.14. The van der Waals surface area contributed by atoms with Crippen molar-refractivity contribution in [1.29, 1.82) is 0 Å². The Morgan fingerprint density at radius 1 is 1.20 bits per heavy atom. The Labute approximate surface area is 170 Å². The molecule has 2 aromatic rings.